The van der Waals surface area contributed by atoms with Crippen LogP contribution in [0, 0.1) is 0 Å². The zero-order chi connectivity index (χ0) is 11.5. The van der Waals surface area contributed by atoms with Crippen molar-refractivity contribution in [1.29, 1.82) is 0 Å². The van der Waals surface area contributed by atoms with Crippen LogP contribution in [0.3, 0.4) is 0 Å². The van der Waals surface area contributed by atoms with Gasteiger partial charge in [0, 0.05) is 17.0 Å². The first kappa shape index (κ1) is 11.3. The maximum atomic E-state index is 5.95. The summed E-state index contributed by atoms with van der Waals surface area (Å²) in [6.45, 7) is 4.07. The van der Waals surface area contributed by atoms with Crippen molar-refractivity contribution in [2.24, 2.45) is 5.73 Å². The van der Waals surface area contributed by atoms with Gasteiger partial charge in [0.1, 0.15) is 0 Å². The number of hydrogen-bond acceptors (Lipinski definition) is 5. The molecule has 0 aromatic carbocycles. The molecule has 0 fully saturated rings. The molecule has 2 rings (SSSR count). The number of rotatable bonds is 4. The van der Waals surface area contributed by atoms with Crippen LogP contribution in [0.2, 0.25) is 0 Å². The number of nitrogens with zero attached hydrogens (tertiary/aromatic N) is 2. The van der Waals surface area contributed by atoms with E-state index in [9.17, 15) is 0 Å². The minimum absolute atomic E-state index is 0.0655. The molecule has 0 bridgehead atoms. The van der Waals surface area contributed by atoms with Gasteiger partial charge in [0.25, 0.3) is 0 Å². The fraction of sp³-hybridized carbons (Fsp3) is 0.455. The highest BCUT2D eigenvalue weighted by Gasteiger charge is 2.20. The second-order valence-corrected chi connectivity index (χ2v) is 4.61. The molecule has 0 saturated heterocycles. The molecule has 2 N–H and O–H groups in total. The van der Waals surface area contributed by atoms with E-state index < -0.39 is 0 Å². The van der Waals surface area contributed by atoms with Gasteiger partial charge in [-0.3, -0.25) is 0 Å². The van der Waals surface area contributed by atoms with E-state index in [-0.39, 0.29) is 12.0 Å². The topological polar surface area (TPSA) is 64.9 Å². The third-order valence-corrected chi connectivity index (χ3v) is 3.41. The monoisotopic (exact) mass is 237 g/mol. The average Bonchev–Trinajstić information content (AvgIpc) is 2.96. The van der Waals surface area contributed by atoms with Crippen molar-refractivity contribution in [3.63, 3.8) is 0 Å². The summed E-state index contributed by atoms with van der Waals surface area (Å²) in [5, 5.41) is 7.95. The molecule has 5 heteroatoms. The highest BCUT2D eigenvalue weighted by atomic mass is 32.1. The number of nitrogens with two attached hydrogens (primary N) is 1. The van der Waals surface area contributed by atoms with Crippen LogP contribution in [-0.4, -0.2) is 16.2 Å². The summed E-state index contributed by atoms with van der Waals surface area (Å²) in [5.41, 5.74) is 6.95. The third-order valence-electron chi connectivity index (χ3n) is 2.72. The Morgan fingerprint density at radius 3 is 3.00 bits per heavy atom. The molecule has 0 saturated carbocycles. The van der Waals surface area contributed by atoms with Gasteiger partial charge in [-0.1, -0.05) is 19.0 Å². The van der Waals surface area contributed by atoms with Crippen LogP contribution < -0.4 is 5.73 Å². The lowest BCUT2D eigenvalue weighted by Gasteiger charge is -2.13. The normalized spacial score (nSPS) is 14.9. The Kier molecular flexibility index (Phi) is 3.36. The molecule has 0 aliphatic rings. The van der Waals surface area contributed by atoms with E-state index in [2.05, 4.69) is 17.1 Å². The highest BCUT2D eigenvalue weighted by Crippen LogP contribution is 2.23. The Labute approximate surface area is 98.5 Å². The Bertz CT molecular complexity index is 438. The van der Waals surface area contributed by atoms with Crippen LogP contribution in [0.4, 0.5) is 0 Å². The Hall–Kier alpha value is -1.20. The third kappa shape index (κ3) is 2.15. The van der Waals surface area contributed by atoms with E-state index in [0.29, 0.717) is 11.7 Å². The van der Waals surface area contributed by atoms with Gasteiger partial charge < -0.3 is 10.3 Å². The Balaban J connectivity index is 2.20. The molecule has 0 spiro atoms. The van der Waals surface area contributed by atoms with Crippen molar-refractivity contribution in [2.75, 3.05) is 0 Å². The summed E-state index contributed by atoms with van der Waals surface area (Å²) in [7, 11) is 0. The molecule has 0 aliphatic carbocycles. The molecule has 2 heterocycles. The van der Waals surface area contributed by atoms with Crippen molar-refractivity contribution in [3.05, 3.63) is 22.7 Å². The Morgan fingerprint density at radius 1 is 1.56 bits per heavy atom. The molecule has 2 atom stereocenters. The van der Waals surface area contributed by atoms with Crippen LogP contribution in [0.15, 0.2) is 21.3 Å². The minimum atomic E-state index is 0.0655. The molecular weight excluding hydrogens is 222 g/mol. The van der Waals surface area contributed by atoms with Gasteiger partial charge >= 0.3 is 0 Å². The highest BCUT2D eigenvalue weighted by molar-refractivity contribution is 7.08. The van der Waals surface area contributed by atoms with Gasteiger partial charge in [0.2, 0.25) is 11.7 Å². The molecule has 0 radical (unpaired) electrons. The molecule has 2 aromatic heterocycles. The lowest BCUT2D eigenvalue weighted by Crippen LogP contribution is -2.25. The zero-order valence-corrected chi connectivity index (χ0v) is 10.2. The van der Waals surface area contributed by atoms with Crippen LogP contribution >= 0.6 is 11.3 Å². The molecule has 2 aromatic rings. The molecule has 4 nitrogen and oxygen atoms in total. The van der Waals surface area contributed by atoms with Crippen molar-refractivity contribution >= 4 is 11.3 Å². The molecule has 16 heavy (non-hydrogen) atoms. The summed E-state index contributed by atoms with van der Waals surface area (Å²) in [5.74, 6) is 1.37. The lowest BCUT2D eigenvalue weighted by atomic mass is 10.0. The first-order valence-electron chi connectivity index (χ1n) is 5.34. The predicted molar refractivity (Wildman–Crippen MR) is 64.3 cm³/mol. The molecule has 0 aliphatic heterocycles. The van der Waals surface area contributed by atoms with E-state index in [1.807, 2.05) is 23.8 Å². The summed E-state index contributed by atoms with van der Waals surface area (Å²) in [4.78, 5) is 4.37. The Morgan fingerprint density at radius 2 is 2.38 bits per heavy atom. The minimum Gasteiger partial charge on any atom is -0.339 e. The summed E-state index contributed by atoms with van der Waals surface area (Å²) >= 11 is 1.62. The first-order chi connectivity index (χ1) is 7.72. The standard InChI is InChI=1S/C11H15N3OS/c1-3-9(12)7(2)11-13-10(14-15-11)8-4-5-16-6-8/h4-7,9H,3,12H2,1-2H3. The first-order valence-corrected chi connectivity index (χ1v) is 6.28. The van der Waals surface area contributed by atoms with Crippen molar-refractivity contribution < 1.29 is 4.52 Å². The maximum absolute atomic E-state index is 5.95. The SMILES string of the molecule is CCC(N)C(C)c1nc(-c2ccsc2)no1. The number of thiophene rings is 1. The quantitative estimate of drug-likeness (QED) is 0.887. The van der Waals surface area contributed by atoms with E-state index in [4.69, 9.17) is 10.3 Å². The molecular formula is C11H15N3OS. The van der Waals surface area contributed by atoms with Crippen LogP contribution in [0.25, 0.3) is 11.4 Å². The summed E-state index contributed by atoms with van der Waals surface area (Å²) < 4.78 is 5.24. The van der Waals surface area contributed by atoms with Gasteiger partial charge in [-0.25, -0.2) is 0 Å². The van der Waals surface area contributed by atoms with E-state index >= 15 is 0 Å². The number of aromatic nitrogens is 2. The van der Waals surface area contributed by atoms with Gasteiger partial charge in [0.15, 0.2) is 0 Å². The van der Waals surface area contributed by atoms with Crippen LogP contribution in [-0.2, 0) is 0 Å². The average molecular weight is 237 g/mol. The van der Waals surface area contributed by atoms with E-state index in [0.717, 1.165) is 12.0 Å². The smallest absolute Gasteiger partial charge is 0.231 e. The van der Waals surface area contributed by atoms with Crippen LogP contribution in [0.5, 0.6) is 0 Å². The van der Waals surface area contributed by atoms with Gasteiger partial charge in [-0.2, -0.15) is 16.3 Å². The summed E-state index contributed by atoms with van der Waals surface area (Å²) in [6, 6.07) is 2.04. The summed E-state index contributed by atoms with van der Waals surface area (Å²) in [6.07, 6.45) is 0.900. The predicted octanol–water partition coefficient (Wildman–Crippen LogP) is 2.64. The number of hydrogen-bond donors (Lipinski definition) is 1. The molecule has 0 amide bonds. The van der Waals surface area contributed by atoms with Crippen molar-refractivity contribution in [2.45, 2.75) is 32.2 Å². The van der Waals surface area contributed by atoms with Crippen molar-refractivity contribution in [3.8, 4) is 11.4 Å². The van der Waals surface area contributed by atoms with Crippen molar-refractivity contribution in [1.82, 2.24) is 10.1 Å². The maximum Gasteiger partial charge on any atom is 0.231 e. The fourth-order valence-electron chi connectivity index (χ4n) is 1.47. The van der Waals surface area contributed by atoms with Crippen LogP contribution in [0.1, 0.15) is 32.1 Å². The van der Waals surface area contributed by atoms with Gasteiger partial charge in [-0.15, -0.1) is 0 Å². The van der Waals surface area contributed by atoms with E-state index in [1.54, 1.807) is 11.3 Å². The fourth-order valence-corrected chi connectivity index (χ4v) is 2.10. The van der Waals surface area contributed by atoms with Gasteiger partial charge in [0.05, 0.1) is 5.92 Å². The van der Waals surface area contributed by atoms with E-state index in [1.165, 1.54) is 0 Å². The molecule has 86 valence electrons. The second kappa shape index (κ2) is 4.76. The van der Waals surface area contributed by atoms with Gasteiger partial charge in [-0.05, 0) is 17.9 Å². The zero-order valence-electron chi connectivity index (χ0n) is 9.38. The lowest BCUT2D eigenvalue weighted by molar-refractivity contribution is 0.340. The molecule has 2 unspecified atom stereocenters. The largest absolute Gasteiger partial charge is 0.339 e. The second-order valence-electron chi connectivity index (χ2n) is 3.83.